The number of carbonyl (C=O) groups excluding carboxylic acids is 1. The summed E-state index contributed by atoms with van der Waals surface area (Å²) in [6.07, 6.45) is 0.746. The number of aliphatic hydroxyl groups is 1. The van der Waals surface area contributed by atoms with Crippen molar-refractivity contribution in [2.24, 2.45) is 0 Å². The monoisotopic (exact) mass is 534 g/mol. The Morgan fingerprint density at radius 2 is 2.03 bits per heavy atom. The summed E-state index contributed by atoms with van der Waals surface area (Å²) in [5.74, 6) is -2.33. The quantitative estimate of drug-likeness (QED) is 0.570. The number of benzene rings is 2. The van der Waals surface area contributed by atoms with Gasteiger partial charge >= 0.3 is 0 Å². The maximum atomic E-state index is 12.9. The number of ether oxygens (including phenoxy) is 5. The maximum Gasteiger partial charge on any atom is 0.275 e. The molecule has 0 radical (unpaired) electrons. The topological polar surface area (TPSA) is 104 Å². The lowest BCUT2D eigenvalue weighted by Gasteiger charge is -2.53. The first-order valence-electron chi connectivity index (χ1n) is 11.5. The Bertz CT molecular complexity index is 1260. The standard InChI is InChI=1S/C25H27BrO8/c1-5-24-23(29,10-26)25(31-4)22(34-24)21(32-24)15-11(2)9-13-17(20(15)33-25)18(28)16-12(19(13)30-3)7-6-8-14(16)27/h9,21-22,28-29H,5-8,10H2,1-4H3/t21?,22?,23-,24?,25-/m1/s1. The minimum atomic E-state index is -1.68. The average Bonchev–Trinajstić information content (AvgIpc) is 3.33. The Kier molecular flexibility index (Phi) is 4.69. The largest absolute Gasteiger partial charge is 0.506 e. The van der Waals surface area contributed by atoms with Crippen molar-refractivity contribution < 1.29 is 38.7 Å². The number of alkyl halides is 1. The number of fused-ring (bicyclic) bond motifs is 6. The molecule has 3 aliphatic heterocycles. The number of phenols is 1. The fourth-order valence-electron chi connectivity index (χ4n) is 6.56. The molecule has 2 bridgehead atoms. The zero-order valence-electron chi connectivity index (χ0n) is 19.5. The van der Waals surface area contributed by atoms with Crippen LogP contribution < -0.4 is 9.47 Å². The number of aryl methyl sites for hydroxylation is 1. The molecule has 2 saturated heterocycles. The van der Waals surface area contributed by atoms with Crippen molar-refractivity contribution in [3.63, 3.8) is 0 Å². The molecule has 5 atom stereocenters. The van der Waals surface area contributed by atoms with Crippen LogP contribution in [0.25, 0.3) is 10.8 Å². The number of methoxy groups -OCH3 is 2. The molecule has 4 aliphatic rings. The first-order valence-corrected chi connectivity index (χ1v) is 12.7. The van der Waals surface area contributed by atoms with Crippen LogP contribution in [0.2, 0.25) is 0 Å². The number of halogens is 1. The number of hydrogen-bond donors (Lipinski definition) is 2. The van der Waals surface area contributed by atoms with Gasteiger partial charge in [-0.05, 0) is 31.4 Å². The highest BCUT2D eigenvalue weighted by Gasteiger charge is 2.84. The van der Waals surface area contributed by atoms with Crippen molar-refractivity contribution in [1.82, 2.24) is 0 Å². The Hall–Kier alpha value is -1.91. The predicted octanol–water partition coefficient (Wildman–Crippen LogP) is 3.82. The third kappa shape index (κ3) is 2.26. The van der Waals surface area contributed by atoms with Gasteiger partial charge in [0.25, 0.3) is 5.79 Å². The summed E-state index contributed by atoms with van der Waals surface area (Å²) in [4.78, 5) is 12.9. The summed E-state index contributed by atoms with van der Waals surface area (Å²) in [6, 6.07) is 1.93. The molecule has 0 amide bonds. The summed E-state index contributed by atoms with van der Waals surface area (Å²) < 4.78 is 31.0. The van der Waals surface area contributed by atoms with E-state index in [1.54, 1.807) is 7.11 Å². The summed E-state index contributed by atoms with van der Waals surface area (Å²) in [5, 5.41) is 24.4. The van der Waals surface area contributed by atoms with Gasteiger partial charge in [-0.3, -0.25) is 4.79 Å². The molecule has 2 aromatic carbocycles. The van der Waals surface area contributed by atoms with Gasteiger partial charge in [-0.15, -0.1) is 0 Å². The van der Waals surface area contributed by atoms with E-state index >= 15 is 0 Å². The highest BCUT2D eigenvalue weighted by molar-refractivity contribution is 9.09. The van der Waals surface area contributed by atoms with Crippen LogP contribution in [0.5, 0.6) is 17.2 Å². The molecule has 34 heavy (non-hydrogen) atoms. The minimum Gasteiger partial charge on any atom is -0.506 e. The van der Waals surface area contributed by atoms with Crippen LogP contribution in [0, 0.1) is 6.92 Å². The smallest absolute Gasteiger partial charge is 0.275 e. The predicted molar refractivity (Wildman–Crippen MR) is 125 cm³/mol. The number of aromatic hydroxyl groups is 1. The summed E-state index contributed by atoms with van der Waals surface area (Å²) in [5.41, 5.74) is 0.876. The number of rotatable bonds is 4. The number of carbonyl (C=O) groups is 1. The van der Waals surface area contributed by atoms with Gasteiger partial charge < -0.3 is 33.9 Å². The molecule has 2 aromatic rings. The van der Waals surface area contributed by atoms with Crippen molar-refractivity contribution in [2.75, 3.05) is 19.5 Å². The highest BCUT2D eigenvalue weighted by Crippen LogP contribution is 2.67. The van der Waals surface area contributed by atoms with Gasteiger partial charge in [0.05, 0.1) is 18.1 Å². The van der Waals surface area contributed by atoms with Crippen LogP contribution in [-0.2, 0) is 20.6 Å². The van der Waals surface area contributed by atoms with Crippen molar-refractivity contribution in [1.29, 1.82) is 0 Å². The lowest BCUT2D eigenvalue weighted by Crippen LogP contribution is -2.73. The molecule has 6 rings (SSSR count). The van der Waals surface area contributed by atoms with E-state index in [9.17, 15) is 15.0 Å². The summed E-state index contributed by atoms with van der Waals surface area (Å²) in [7, 11) is 3.03. The number of phenolic OH excluding ortho intramolecular Hbond substituents is 1. The van der Waals surface area contributed by atoms with E-state index in [1.807, 2.05) is 19.9 Å². The molecule has 2 fully saturated rings. The second-order valence-electron chi connectivity index (χ2n) is 9.52. The second-order valence-corrected chi connectivity index (χ2v) is 10.1. The van der Waals surface area contributed by atoms with E-state index in [1.165, 1.54) is 7.11 Å². The van der Waals surface area contributed by atoms with Crippen molar-refractivity contribution in [3.8, 4) is 17.2 Å². The summed E-state index contributed by atoms with van der Waals surface area (Å²) >= 11 is 3.43. The number of Topliss-reactive ketones (excluding diaryl/α,β-unsaturated/α-hetero) is 1. The van der Waals surface area contributed by atoms with E-state index in [0.29, 0.717) is 59.1 Å². The van der Waals surface area contributed by atoms with Gasteiger partial charge in [-0.25, -0.2) is 0 Å². The molecule has 9 heteroatoms. The van der Waals surface area contributed by atoms with Crippen molar-refractivity contribution >= 4 is 32.5 Å². The zero-order valence-corrected chi connectivity index (χ0v) is 21.1. The molecule has 0 aromatic heterocycles. The second kappa shape index (κ2) is 7.07. The summed E-state index contributed by atoms with van der Waals surface area (Å²) in [6.45, 7) is 3.82. The van der Waals surface area contributed by atoms with Crippen LogP contribution in [0.15, 0.2) is 6.07 Å². The molecule has 0 spiro atoms. The van der Waals surface area contributed by atoms with E-state index in [0.717, 1.165) is 5.56 Å². The van der Waals surface area contributed by atoms with Gasteiger partial charge in [0.1, 0.15) is 23.4 Å². The third-order valence-electron chi connectivity index (χ3n) is 8.13. The van der Waals surface area contributed by atoms with E-state index in [-0.39, 0.29) is 22.4 Å². The fraction of sp³-hybridized carbons (Fsp3) is 0.560. The molecule has 2 N–H and O–H groups in total. The first kappa shape index (κ1) is 22.5. The van der Waals surface area contributed by atoms with Gasteiger partial charge in [-0.1, -0.05) is 22.9 Å². The van der Waals surface area contributed by atoms with Crippen LogP contribution >= 0.6 is 15.9 Å². The third-order valence-corrected chi connectivity index (χ3v) is 8.94. The van der Waals surface area contributed by atoms with Gasteiger partial charge in [0.2, 0.25) is 5.79 Å². The SMILES string of the molecule is CCC12OC3c4c(C)cc5c(OC)c6c(c(O)c5c4O[C@](OC)(C3O1)[C@@]2(O)CBr)C(=O)CCC6. The molecule has 3 heterocycles. The van der Waals surface area contributed by atoms with E-state index in [4.69, 9.17) is 23.7 Å². The molecule has 3 unspecified atom stereocenters. The Morgan fingerprint density at radius 3 is 2.68 bits per heavy atom. The van der Waals surface area contributed by atoms with Crippen molar-refractivity contribution in [2.45, 2.75) is 68.9 Å². The Balaban J connectivity index is 1.72. The number of ketones is 1. The van der Waals surface area contributed by atoms with Gasteiger partial charge in [0.15, 0.2) is 17.5 Å². The molecule has 1 aliphatic carbocycles. The lowest BCUT2D eigenvalue weighted by atomic mass is 9.76. The van der Waals surface area contributed by atoms with Crippen molar-refractivity contribution in [3.05, 3.63) is 28.3 Å². The normalized spacial score (nSPS) is 35.3. The highest BCUT2D eigenvalue weighted by atomic mass is 79.9. The molecule has 0 saturated carbocycles. The molecular weight excluding hydrogens is 508 g/mol. The van der Waals surface area contributed by atoms with Crippen LogP contribution in [0.3, 0.4) is 0 Å². The molecule has 182 valence electrons. The van der Waals surface area contributed by atoms with Gasteiger partial charge in [0, 0.05) is 41.8 Å². The Labute approximate surface area is 205 Å². The zero-order chi connectivity index (χ0) is 24.2. The Morgan fingerprint density at radius 1 is 1.26 bits per heavy atom. The number of hydrogen-bond acceptors (Lipinski definition) is 8. The van der Waals surface area contributed by atoms with Crippen LogP contribution in [-0.4, -0.2) is 58.8 Å². The van der Waals surface area contributed by atoms with Gasteiger partial charge in [-0.2, -0.15) is 0 Å². The van der Waals surface area contributed by atoms with Crippen LogP contribution in [0.4, 0.5) is 0 Å². The lowest BCUT2D eigenvalue weighted by molar-refractivity contribution is -0.345. The van der Waals surface area contributed by atoms with E-state index < -0.39 is 29.4 Å². The fourth-order valence-corrected chi connectivity index (χ4v) is 7.38. The minimum absolute atomic E-state index is 0.0766. The maximum absolute atomic E-state index is 12.9. The van der Waals surface area contributed by atoms with E-state index in [2.05, 4.69) is 15.9 Å². The molecular formula is C25H27BrO8. The first-order chi connectivity index (χ1) is 16.2. The molecule has 8 nitrogen and oxygen atoms in total. The van der Waals surface area contributed by atoms with Crippen LogP contribution in [0.1, 0.15) is 59.3 Å². The average molecular weight is 535 g/mol.